The molecule has 1 saturated heterocycles. The Hall–Kier alpha value is -4.17. The van der Waals surface area contributed by atoms with Crippen molar-refractivity contribution in [2.75, 3.05) is 38.3 Å². The van der Waals surface area contributed by atoms with E-state index in [1.165, 1.54) is 16.9 Å². The number of aliphatic hydroxyl groups excluding tert-OH is 1. The van der Waals surface area contributed by atoms with Crippen LogP contribution >= 0.6 is 0 Å². The van der Waals surface area contributed by atoms with Gasteiger partial charge in [-0.3, -0.25) is 14.4 Å². The number of ether oxygens (including phenoxy) is 2. The number of methoxy groups -OCH3 is 1. The number of carbonyl (C=O) groups is 3. The second-order valence-electron chi connectivity index (χ2n) is 8.87. The molecule has 8 nitrogen and oxygen atoms in total. The molecular formula is C29H30N2O6. The van der Waals surface area contributed by atoms with E-state index in [0.717, 1.165) is 0 Å². The van der Waals surface area contributed by atoms with Crippen LogP contribution in [-0.4, -0.2) is 61.0 Å². The number of Topliss-reactive ketones (excluding diaryl/α,β-unsaturated/α-hetero) is 1. The van der Waals surface area contributed by atoms with E-state index in [1.54, 1.807) is 61.5 Å². The Morgan fingerprint density at radius 2 is 1.86 bits per heavy atom. The summed E-state index contributed by atoms with van der Waals surface area (Å²) in [5.41, 5.74) is -0.0368. The highest BCUT2D eigenvalue weighted by atomic mass is 16.5. The van der Waals surface area contributed by atoms with Crippen molar-refractivity contribution in [3.63, 3.8) is 0 Å². The van der Waals surface area contributed by atoms with Gasteiger partial charge in [-0.1, -0.05) is 36.9 Å². The van der Waals surface area contributed by atoms with E-state index in [2.05, 4.69) is 13.2 Å². The Balaban J connectivity index is 1.97. The van der Waals surface area contributed by atoms with Crippen LogP contribution in [0.3, 0.4) is 0 Å². The number of likely N-dealkylation sites (tertiary alicyclic amines) is 1. The minimum absolute atomic E-state index is 0.0879. The molecule has 2 heterocycles. The summed E-state index contributed by atoms with van der Waals surface area (Å²) in [5.74, 6) is -2.08. The number of anilines is 1. The molecule has 1 atom stereocenters. The summed E-state index contributed by atoms with van der Waals surface area (Å²) in [6.45, 7) is 10.1. The van der Waals surface area contributed by atoms with E-state index >= 15 is 0 Å². The van der Waals surface area contributed by atoms with E-state index < -0.39 is 28.9 Å². The van der Waals surface area contributed by atoms with Gasteiger partial charge in [0.05, 0.1) is 11.3 Å². The minimum atomic E-state index is -1.81. The predicted molar refractivity (Wildman–Crippen MR) is 140 cm³/mol. The number of hydrogen-bond acceptors (Lipinski definition) is 6. The summed E-state index contributed by atoms with van der Waals surface area (Å²) in [5, 5.41) is 11.6. The number of hydrogen-bond donors (Lipinski definition) is 1. The molecule has 2 aromatic rings. The number of para-hydroxylation sites is 1. The van der Waals surface area contributed by atoms with Crippen molar-refractivity contribution >= 4 is 29.0 Å². The molecule has 2 aliphatic rings. The maximum atomic E-state index is 14.2. The highest BCUT2D eigenvalue weighted by Gasteiger charge is 2.66. The molecule has 192 valence electrons. The molecule has 1 N–H and O–H groups in total. The van der Waals surface area contributed by atoms with Crippen LogP contribution in [0.4, 0.5) is 5.69 Å². The molecule has 4 rings (SSSR count). The summed E-state index contributed by atoms with van der Waals surface area (Å²) >= 11 is 0. The SMILES string of the molecule is C=CCOc1ccc(C(O)=C2C(=O)C(=O)N(CCCOC)C23C(=O)N(CC=C)c2ccccc23)cc1C. The molecule has 2 amide bonds. The van der Waals surface area contributed by atoms with Gasteiger partial charge in [-0.2, -0.15) is 0 Å². The smallest absolute Gasteiger partial charge is 0.296 e. The van der Waals surface area contributed by atoms with E-state index in [-0.39, 0.29) is 18.7 Å². The summed E-state index contributed by atoms with van der Waals surface area (Å²) in [7, 11) is 1.54. The molecule has 0 aliphatic carbocycles. The lowest BCUT2D eigenvalue weighted by molar-refractivity contribution is -0.143. The molecule has 8 heteroatoms. The largest absolute Gasteiger partial charge is 0.507 e. The van der Waals surface area contributed by atoms with Crippen LogP contribution in [0.2, 0.25) is 0 Å². The van der Waals surface area contributed by atoms with Crippen molar-refractivity contribution in [3.05, 3.63) is 90.0 Å². The predicted octanol–water partition coefficient (Wildman–Crippen LogP) is 3.70. The number of benzene rings is 2. The van der Waals surface area contributed by atoms with E-state index in [9.17, 15) is 19.5 Å². The lowest BCUT2D eigenvalue weighted by Gasteiger charge is -2.34. The second kappa shape index (κ2) is 10.4. The first-order chi connectivity index (χ1) is 17.8. The molecule has 2 aromatic carbocycles. The third-order valence-electron chi connectivity index (χ3n) is 6.66. The maximum Gasteiger partial charge on any atom is 0.296 e. The van der Waals surface area contributed by atoms with Gasteiger partial charge in [0, 0.05) is 37.9 Å². The summed E-state index contributed by atoms with van der Waals surface area (Å²) < 4.78 is 10.8. The van der Waals surface area contributed by atoms with Gasteiger partial charge in [-0.25, -0.2) is 0 Å². The number of amides is 2. The molecule has 2 aliphatic heterocycles. The summed E-state index contributed by atoms with van der Waals surface area (Å²) in [6, 6.07) is 11.9. The Morgan fingerprint density at radius 3 is 2.54 bits per heavy atom. The van der Waals surface area contributed by atoms with Gasteiger partial charge in [0.25, 0.3) is 17.6 Å². The lowest BCUT2D eigenvalue weighted by Crippen LogP contribution is -2.52. The van der Waals surface area contributed by atoms with Gasteiger partial charge in [0.1, 0.15) is 18.1 Å². The van der Waals surface area contributed by atoms with E-state index in [4.69, 9.17) is 9.47 Å². The lowest BCUT2D eigenvalue weighted by atomic mass is 9.81. The van der Waals surface area contributed by atoms with Crippen molar-refractivity contribution < 1.29 is 29.0 Å². The fraction of sp³-hybridized carbons (Fsp3) is 0.276. The molecule has 0 radical (unpaired) electrons. The zero-order valence-corrected chi connectivity index (χ0v) is 21.0. The van der Waals surface area contributed by atoms with E-state index in [1.807, 2.05) is 0 Å². The van der Waals surface area contributed by atoms with Gasteiger partial charge in [-0.15, -0.1) is 6.58 Å². The van der Waals surface area contributed by atoms with Crippen molar-refractivity contribution in [1.29, 1.82) is 0 Å². The maximum absolute atomic E-state index is 14.2. The molecule has 1 spiro atoms. The highest BCUT2D eigenvalue weighted by molar-refractivity contribution is 6.50. The molecule has 0 aromatic heterocycles. The van der Waals surface area contributed by atoms with Crippen LogP contribution in [0.15, 0.2) is 73.3 Å². The Labute approximate surface area is 216 Å². The molecule has 0 saturated carbocycles. The molecule has 37 heavy (non-hydrogen) atoms. The number of carbonyl (C=O) groups excluding carboxylic acids is 3. The Morgan fingerprint density at radius 1 is 1.11 bits per heavy atom. The van der Waals surface area contributed by atoms with Gasteiger partial charge < -0.3 is 24.4 Å². The van der Waals surface area contributed by atoms with Crippen molar-refractivity contribution in [1.82, 2.24) is 4.90 Å². The van der Waals surface area contributed by atoms with Crippen molar-refractivity contribution in [3.8, 4) is 5.75 Å². The topological polar surface area (TPSA) is 96.4 Å². The fourth-order valence-electron chi connectivity index (χ4n) is 5.10. The zero-order valence-electron chi connectivity index (χ0n) is 21.0. The van der Waals surface area contributed by atoms with E-state index in [0.29, 0.717) is 47.8 Å². The van der Waals surface area contributed by atoms with Gasteiger partial charge >= 0.3 is 0 Å². The van der Waals surface area contributed by atoms with Crippen LogP contribution in [0, 0.1) is 6.92 Å². The average molecular weight is 503 g/mol. The monoisotopic (exact) mass is 502 g/mol. The molecule has 1 fully saturated rings. The quantitative estimate of drug-likeness (QED) is 0.175. The number of fused-ring (bicyclic) bond motifs is 2. The number of nitrogens with zero attached hydrogens (tertiary/aromatic N) is 2. The molecule has 1 unspecified atom stereocenters. The van der Waals surface area contributed by atoms with Crippen molar-refractivity contribution in [2.24, 2.45) is 0 Å². The summed E-state index contributed by atoms with van der Waals surface area (Å²) in [6.07, 6.45) is 3.60. The zero-order chi connectivity index (χ0) is 26.7. The second-order valence-corrected chi connectivity index (χ2v) is 8.87. The molecular weight excluding hydrogens is 472 g/mol. The third kappa shape index (κ3) is 4.03. The van der Waals surface area contributed by atoms with Crippen LogP contribution in [0.1, 0.15) is 23.1 Å². The number of aryl methyl sites for hydroxylation is 1. The standard InChI is InChI=1S/C29H30N2O6/c1-5-14-30-22-11-8-7-10-21(22)29(28(30)35)24(26(33)27(34)31(29)15-9-17-36-4)25(32)20-12-13-23(19(3)18-20)37-16-6-2/h5-8,10-13,18,32H,1-2,9,14-17H2,3-4H3. The van der Waals surface area contributed by atoms with Crippen molar-refractivity contribution in [2.45, 2.75) is 18.9 Å². The fourth-order valence-corrected chi connectivity index (χ4v) is 5.10. The van der Waals surface area contributed by atoms with Gasteiger partial charge in [0.2, 0.25) is 0 Å². The van der Waals surface area contributed by atoms with Crippen LogP contribution in [-0.2, 0) is 24.7 Å². The van der Waals surface area contributed by atoms with Crippen LogP contribution < -0.4 is 9.64 Å². The van der Waals surface area contributed by atoms with Gasteiger partial charge in [0.15, 0.2) is 5.54 Å². The first-order valence-electron chi connectivity index (χ1n) is 12.0. The number of aliphatic hydroxyl groups is 1. The van der Waals surface area contributed by atoms with Crippen LogP contribution in [0.25, 0.3) is 5.76 Å². The van der Waals surface area contributed by atoms with Crippen LogP contribution in [0.5, 0.6) is 5.75 Å². The Bertz CT molecular complexity index is 1310. The number of ketones is 1. The summed E-state index contributed by atoms with van der Waals surface area (Å²) in [4.78, 5) is 44.0. The normalized spacial score (nSPS) is 20.0. The first kappa shape index (κ1) is 25.9. The highest BCUT2D eigenvalue weighted by Crippen LogP contribution is 2.53. The van der Waals surface area contributed by atoms with Gasteiger partial charge in [-0.05, 0) is 43.2 Å². The Kier molecular flexibility index (Phi) is 7.31. The molecule has 0 bridgehead atoms. The average Bonchev–Trinajstić information content (AvgIpc) is 3.27. The minimum Gasteiger partial charge on any atom is -0.507 e. The first-order valence-corrected chi connectivity index (χ1v) is 12.0. The number of rotatable bonds is 10. The third-order valence-corrected chi connectivity index (χ3v) is 6.66.